The largest absolute Gasteiger partial charge is 0.500 e. The van der Waals surface area contributed by atoms with Gasteiger partial charge in [0.2, 0.25) is 0 Å². The Morgan fingerprint density at radius 2 is 2.29 bits per heavy atom. The third kappa shape index (κ3) is 2.97. The molecule has 1 N–H and O–H groups in total. The zero-order chi connectivity index (χ0) is 10.4. The van der Waals surface area contributed by atoms with Gasteiger partial charge in [0, 0.05) is 18.3 Å². The molecular formula is C10H13NO3. The summed E-state index contributed by atoms with van der Waals surface area (Å²) in [7, 11) is 2.86. The number of methoxy groups -OCH3 is 2. The minimum Gasteiger partial charge on any atom is -0.500 e. The van der Waals surface area contributed by atoms with E-state index in [2.05, 4.69) is 9.72 Å². The Bertz CT molecular complexity index is 314. The summed E-state index contributed by atoms with van der Waals surface area (Å²) in [6.07, 6.45) is 3.71. The van der Waals surface area contributed by atoms with Crippen LogP contribution in [0.4, 0.5) is 0 Å². The standard InChI is InChI=1S/C10H13NO3/c1-13-9(7-10(12)14-2)6-8-4-3-5-11-8/h3-5,7,11H,6H2,1-2H3. The fourth-order valence-corrected chi connectivity index (χ4v) is 1.04. The highest BCUT2D eigenvalue weighted by Crippen LogP contribution is 2.06. The summed E-state index contributed by atoms with van der Waals surface area (Å²) in [5, 5.41) is 0. The van der Waals surface area contributed by atoms with Crippen LogP contribution >= 0.6 is 0 Å². The van der Waals surface area contributed by atoms with E-state index < -0.39 is 5.97 Å². The van der Waals surface area contributed by atoms with Gasteiger partial charge in [0.25, 0.3) is 0 Å². The predicted molar refractivity (Wildman–Crippen MR) is 51.6 cm³/mol. The Labute approximate surface area is 82.5 Å². The van der Waals surface area contributed by atoms with Crippen LogP contribution in [0.5, 0.6) is 0 Å². The van der Waals surface area contributed by atoms with Crippen LogP contribution in [0.25, 0.3) is 0 Å². The number of esters is 1. The molecule has 76 valence electrons. The third-order valence-corrected chi connectivity index (χ3v) is 1.77. The zero-order valence-electron chi connectivity index (χ0n) is 8.24. The number of carbonyl (C=O) groups is 1. The highest BCUT2D eigenvalue weighted by atomic mass is 16.5. The SMILES string of the molecule is COC(=O)C=C(Cc1ccc[nH]1)OC. The molecule has 0 fully saturated rings. The van der Waals surface area contributed by atoms with E-state index in [0.29, 0.717) is 12.2 Å². The minimum absolute atomic E-state index is 0.409. The van der Waals surface area contributed by atoms with Gasteiger partial charge in [0.15, 0.2) is 0 Å². The molecule has 0 amide bonds. The van der Waals surface area contributed by atoms with Crippen molar-refractivity contribution < 1.29 is 14.3 Å². The molecule has 0 aliphatic rings. The van der Waals surface area contributed by atoms with E-state index in [4.69, 9.17) is 4.74 Å². The summed E-state index contributed by atoms with van der Waals surface area (Å²) in [5.41, 5.74) is 0.988. The van der Waals surface area contributed by atoms with Gasteiger partial charge in [0.05, 0.1) is 20.3 Å². The molecule has 14 heavy (non-hydrogen) atoms. The lowest BCUT2D eigenvalue weighted by Gasteiger charge is -2.03. The van der Waals surface area contributed by atoms with Crippen molar-refractivity contribution in [3.8, 4) is 0 Å². The second kappa shape index (κ2) is 5.11. The second-order valence-electron chi connectivity index (χ2n) is 2.71. The quantitative estimate of drug-likeness (QED) is 0.447. The molecular weight excluding hydrogens is 182 g/mol. The summed E-state index contributed by atoms with van der Waals surface area (Å²) in [4.78, 5) is 13.9. The summed E-state index contributed by atoms with van der Waals surface area (Å²) >= 11 is 0. The number of aromatic amines is 1. The second-order valence-corrected chi connectivity index (χ2v) is 2.71. The lowest BCUT2D eigenvalue weighted by atomic mass is 10.2. The van der Waals surface area contributed by atoms with Crippen LogP contribution in [0.15, 0.2) is 30.2 Å². The van der Waals surface area contributed by atoms with Crippen molar-refractivity contribution in [3.05, 3.63) is 35.9 Å². The fourth-order valence-electron chi connectivity index (χ4n) is 1.04. The molecule has 0 saturated heterocycles. The number of carbonyl (C=O) groups excluding carboxylic acids is 1. The van der Waals surface area contributed by atoms with Gasteiger partial charge in [-0.2, -0.15) is 0 Å². The molecule has 0 radical (unpaired) electrons. The first-order chi connectivity index (χ1) is 6.76. The summed E-state index contributed by atoms with van der Waals surface area (Å²) in [6.45, 7) is 0. The molecule has 1 aromatic rings. The third-order valence-electron chi connectivity index (χ3n) is 1.77. The number of nitrogens with one attached hydrogen (secondary N) is 1. The molecule has 0 saturated carbocycles. The van der Waals surface area contributed by atoms with Gasteiger partial charge in [-0.25, -0.2) is 4.79 Å². The first-order valence-electron chi connectivity index (χ1n) is 4.21. The van der Waals surface area contributed by atoms with E-state index in [-0.39, 0.29) is 0 Å². The lowest BCUT2D eigenvalue weighted by molar-refractivity contribution is -0.135. The molecule has 0 unspecified atom stereocenters. The van der Waals surface area contributed by atoms with Gasteiger partial charge < -0.3 is 14.5 Å². The average Bonchev–Trinajstić information content (AvgIpc) is 2.69. The van der Waals surface area contributed by atoms with Crippen LogP contribution in [-0.4, -0.2) is 25.2 Å². The number of allylic oxidation sites excluding steroid dienone is 1. The highest BCUT2D eigenvalue weighted by Gasteiger charge is 2.03. The van der Waals surface area contributed by atoms with Crippen LogP contribution in [-0.2, 0) is 20.7 Å². The molecule has 1 rings (SSSR count). The maximum atomic E-state index is 10.9. The van der Waals surface area contributed by atoms with Crippen molar-refractivity contribution >= 4 is 5.97 Å². The molecule has 0 aromatic carbocycles. The normalized spacial score (nSPS) is 11.1. The van der Waals surface area contributed by atoms with E-state index in [1.807, 2.05) is 18.3 Å². The summed E-state index contributed by atoms with van der Waals surface area (Å²) in [6, 6.07) is 3.81. The maximum absolute atomic E-state index is 10.9. The summed E-state index contributed by atoms with van der Waals surface area (Å²) < 4.78 is 9.53. The predicted octanol–water partition coefficient (Wildman–Crippen LogP) is 1.26. The van der Waals surface area contributed by atoms with Gasteiger partial charge in [-0.15, -0.1) is 0 Å². The molecule has 0 aliphatic carbocycles. The van der Waals surface area contributed by atoms with E-state index in [1.165, 1.54) is 20.3 Å². The van der Waals surface area contributed by atoms with Gasteiger partial charge in [-0.05, 0) is 12.1 Å². The fraction of sp³-hybridized carbons (Fsp3) is 0.300. The van der Waals surface area contributed by atoms with Crippen molar-refractivity contribution in [2.75, 3.05) is 14.2 Å². The van der Waals surface area contributed by atoms with Crippen molar-refractivity contribution in [1.29, 1.82) is 0 Å². The topological polar surface area (TPSA) is 51.3 Å². The zero-order valence-corrected chi connectivity index (χ0v) is 8.24. The van der Waals surface area contributed by atoms with Crippen LogP contribution < -0.4 is 0 Å². The lowest BCUT2D eigenvalue weighted by Crippen LogP contribution is -2.01. The molecule has 0 aliphatic heterocycles. The van der Waals surface area contributed by atoms with Crippen LogP contribution in [0.1, 0.15) is 5.69 Å². The van der Waals surface area contributed by atoms with Crippen LogP contribution in [0, 0.1) is 0 Å². The first-order valence-corrected chi connectivity index (χ1v) is 4.21. The van der Waals surface area contributed by atoms with Crippen LogP contribution in [0.3, 0.4) is 0 Å². The highest BCUT2D eigenvalue weighted by molar-refractivity contribution is 5.82. The van der Waals surface area contributed by atoms with Crippen LogP contribution in [0.2, 0.25) is 0 Å². The Morgan fingerprint density at radius 3 is 2.79 bits per heavy atom. The van der Waals surface area contributed by atoms with Gasteiger partial charge in [0.1, 0.15) is 5.76 Å². The molecule has 0 spiro atoms. The molecule has 4 nitrogen and oxygen atoms in total. The van der Waals surface area contributed by atoms with Crippen molar-refractivity contribution in [2.24, 2.45) is 0 Å². The number of H-pyrrole nitrogens is 1. The molecule has 0 bridgehead atoms. The number of ether oxygens (including phenoxy) is 2. The van der Waals surface area contributed by atoms with Crippen molar-refractivity contribution in [3.63, 3.8) is 0 Å². The van der Waals surface area contributed by atoms with Gasteiger partial charge in [-0.1, -0.05) is 0 Å². The molecule has 4 heteroatoms. The number of hydrogen-bond donors (Lipinski definition) is 1. The maximum Gasteiger partial charge on any atom is 0.333 e. The number of hydrogen-bond acceptors (Lipinski definition) is 3. The number of rotatable bonds is 4. The van der Waals surface area contributed by atoms with E-state index in [0.717, 1.165) is 5.69 Å². The van der Waals surface area contributed by atoms with E-state index in [9.17, 15) is 4.79 Å². The Hall–Kier alpha value is -1.71. The molecule has 1 aromatic heterocycles. The Kier molecular flexibility index (Phi) is 3.79. The first kappa shape index (κ1) is 10.4. The number of aromatic nitrogens is 1. The molecule has 0 atom stereocenters. The van der Waals surface area contributed by atoms with Crippen molar-refractivity contribution in [2.45, 2.75) is 6.42 Å². The van der Waals surface area contributed by atoms with Gasteiger partial charge in [-0.3, -0.25) is 0 Å². The van der Waals surface area contributed by atoms with Gasteiger partial charge >= 0.3 is 5.97 Å². The average molecular weight is 195 g/mol. The smallest absolute Gasteiger partial charge is 0.333 e. The minimum atomic E-state index is -0.409. The Balaban J connectivity index is 2.64. The molecule has 1 heterocycles. The van der Waals surface area contributed by atoms with Crippen molar-refractivity contribution in [1.82, 2.24) is 4.98 Å². The Morgan fingerprint density at radius 1 is 1.50 bits per heavy atom. The summed E-state index contributed by atoms with van der Waals surface area (Å²) in [5.74, 6) is 0.160. The van der Waals surface area contributed by atoms with E-state index >= 15 is 0 Å². The monoisotopic (exact) mass is 195 g/mol. The van der Waals surface area contributed by atoms with E-state index in [1.54, 1.807) is 0 Å².